The third kappa shape index (κ3) is 5.17. The van der Waals surface area contributed by atoms with Crippen LogP contribution in [0.15, 0.2) is 42.5 Å². The van der Waals surface area contributed by atoms with Gasteiger partial charge in [-0.15, -0.1) is 0 Å². The Morgan fingerprint density at radius 3 is 2.12 bits per heavy atom. The molecule has 0 bridgehead atoms. The first-order valence-corrected chi connectivity index (χ1v) is 15.1. The number of amides is 1. The van der Waals surface area contributed by atoms with Crippen molar-refractivity contribution < 1.29 is 14.3 Å². The molecule has 4 rings (SSSR count). The Morgan fingerprint density at radius 2 is 1.55 bits per heavy atom. The van der Waals surface area contributed by atoms with Crippen molar-refractivity contribution in [3.8, 4) is 0 Å². The average Bonchev–Trinajstić information content (AvgIpc) is 3.61. The Bertz CT molecular complexity index is 982. The molecule has 1 aliphatic heterocycles. The van der Waals surface area contributed by atoms with E-state index in [9.17, 15) is 9.59 Å². The molecule has 2 aromatic carbocycles. The van der Waals surface area contributed by atoms with E-state index in [0.29, 0.717) is 12.8 Å². The van der Waals surface area contributed by atoms with E-state index in [2.05, 4.69) is 38.2 Å². The molecule has 1 N–H and O–H groups in total. The topological polar surface area (TPSA) is 55.4 Å². The minimum absolute atomic E-state index is 0.116. The molecule has 1 saturated carbocycles. The Balaban J connectivity index is 1.54. The number of ether oxygens (including phenoxy) is 1. The van der Waals surface area contributed by atoms with Gasteiger partial charge in [0.05, 0.1) is 0 Å². The third-order valence-electron chi connectivity index (χ3n) is 7.90. The van der Waals surface area contributed by atoms with Crippen LogP contribution in [0.2, 0.25) is 0 Å². The van der Waals surface area contributed by atoms with Gasteiger partial charge in [0.1, 0.15) is 0 Å². The van der Waals surface area contributed by atoms with Crippen molar-refractivity contribution in [2.24, 2.45) is 0 Å². The Morgan fingerprint density at radius 1 is 0.939 bits per heavy atom. The van der Waals surface area contributed by atoms with Crippen LogP contribution in [0.1, 0.15) is 60.8 Å². The quantitative estimate of drug-likeness (QED) is 0.392. The second-order valence-corrected chi connectivity index (χ2v) is 15.2. The van der Waals surface area contributed by atoms with Gasteiger partial charge in [-0.25, -0.2) is 0 Å². The number of benzene rings is 2. The summed E-state index contributed by atoms with van der Waals surface area (Å²) in [4.78, 5) is 26.9. The predicted molar refractivity (Wildman–Crippen MR) is 139 cm³/mol. The Kier molecular flexibility index (Phi) is 7.24. The molecule has 0 unspecified atom stereocenters. The van der Waals surface area contributed by atoms with Crippen LogP contribution in [-0.2, 0) is 20.9 Å². The van der Waals surface area contributed by atoms with Gasteiger partial charge in [-0.1, -0.05) is 0 Å². The number of hydrogen-bond donors (Lipinski definition) is 1. The van der Waals surface area contributed by atoms with Gasteiger partial charge in [0, 0.05) is 0 Å². The van der Waals surface area contributed by atoms with E-state index in [1.807, 2.05) is 30.3 Å². The monoisotopic (exact) mass is 467 g/mol. The number of carbonyl (C=O) groups excluding carboxylic acids is 2. The first kappa shape index (κ1) is 24.0. The number of anilines is 1. The second kappa shape index (κ2) is 9.97. The van der Waals surface area contributed by atoms with E-state index < -0.39 is 7.26 Å². The van der Waals surface area contributed by atoms with E-state index in [1.54, 1.807) is 0 Å². The zero-order valence-corrected chi connectivity index (χ0v) is 21.3. The number of rotatable bonds is 7. The van der Waals surface area contributed by atoms with Crippen molar-refractivity contribution in [2.45, 2.75) is 71.1 Å². The first-order valence-electron chi connectivity index (χ1n) is 12.4. The molecule has 0 radical (unpaired) electrons. The fourth-order valence-corrected chi connectivity index (χ4v) is 12.2. The van der Waals surface area contributed by atoms with Gasteiger partial charge in [0.15, 0.2) is 0 Å². The summed E-state index contributed by atoms with van der Waals surface area (Å²) in [7, 11) is -2.20. The SMILES string of the molecule is Cc1cc(C)c(NC(=O)C2([PH]3(CC(=O)OCc4ccccc4)CCCCCC3)CC2)c(C)c1. The molecular formula is C28H38NO3P. The molecule has 178 valence electrons. The summed E-state index contributed by atoms with van der Waals surface area (Å²) in [6.07, 6.45) is 9.12. The Hall–Kier alpha value is -2.19. The summed E-state index contributed by atoms with van der Waals surface area (Å²) in [5.41, 5.74) is 5.37. The molecule has 33 heavy (non-hydrogen) atoms. The van der Waals surface area contributed by atoms with Crippen LogP contribution in [0.3, 0.4) is 0 Å². The number of esters is 1. The number of carbonyl (C=O) groups is 2. The summed E-state index contributed by atoms with van der Waals surface area (Å²) in [5.74, 6) is 0.0381. The van der Waals surface area contributed by atoms with Crippen molar-refractivity contribution >= 4 is 24.8 Å². The minimum atomic E-state index is -2.20. The number of nitrogens with one attached hydrogen (secondary N) is 1. The molecular weight excluding hydrogens is 429 g/mol. The molecule has 2 fully saturated rings. The molecule has 1 aliphatic carbocycles. The van der Waals surface area contributed by atoms with Crippen LogP contribution >= 0.6 is 7.26 Å². The van der Waals surface area contributed by atoms with E-state index in [1.165, 1.54) is 18.4 Å². The molecule has 0 spiro atoms. The third-order valence-corrected chi connectivity index (χ3v) is 14.2. The normalized spacial score (nSPS) is 19.7. The molecule has 0 atom stereocenters. The van der Waals surface area contributed by atoms with Crippen LogP contribution in [0, 0.1) is 20.8 Å². The number of aryl methyl sites for hydroxylation is 3. The van der Waals surface area contributed by atoms with Gasteiger partial charge in [0.25, 0.3) is 0 Å². The summed E-state index contributed by atoms with van der Waals surface area (Å²) >= 11 is 0. The van der Waals surface area contributed by atoms with Crippen LogP contribution in [0.5, 0.6) is 0 Å². The van der Waals surface area contributed by atoms with E-state index in [0.717, 1.165) is 60.4 Å². The molecule has 2 aromatic rings. The van der Waals surface area contributed by atoms with Crippen LogP contribution in [0.4, 0.5) is 5.69 Å². The molecule has 0 aromatic heterocycles. The first-order chi connectivity index (χ1) is 15.9. The Labute approximate surface area is 198 Å². The number of hydrogen-bond acceptors (Lipinski definition) is 3. The van der Waals surface area contributed by atoms with Crippen LogP contribution in [0.25, 0.3) is 0 Å². The van der Waals surface area contributed by atoms with Crippen molar-refractivity contribution in [1.82, 2.24) is 0 Å². The molecule has 1 amide bonds. The van der Waals surface area contributed by atoms with Crippen LogP contribution in [-0.4, -0.2) is 35.5 Å². The molecule has 2 aliphatic rings. The standard InChI is InChI=1S/C28H38NO3P/c1-21-17-22(2)26(23(3)18-21)29-27(31)28(13-14-28)33(15-9-4-5-10-16-33)20-25(30)32-19-24-11-7-6-8-12-24/h6-8,11-12,17-18,33H,4-5,9-10,13-16,19-20H2,1-3H3,(H,29,31). The maximum absolute atomic E-state index is 13.8. The van der Waals surface area contributed by atoms with Crippen molar-refractivity contribution in [2.75, 3.05) is 23.8 Å². The fourth-order valence-electron chi connectivity index (χ4n) is 6.03. The van der Waals surface area contributed by atoms with Gasteiger partial charge in [0.2, 0.25) is 0 Å². The zero-order chi connectivity index (χ0) is 23.5. The van der Waals surface area contributed by atoms with Crippen LogP contribution < -0.4 is 5.32 Å². The van der Waals surface area contributed by atoms with Gasteiger partial charge in [-0.05, 0) is 0 Å². The van der Waals surface area contributed by atoms with Gasteiger partial charge in [-0.3, -0.25) is 0 Å². The maximum atomic E-state index is 13.8. The van der Waals surface area contributed by atoms with Crippen molar-refractivity contribution in [3.63, 3.8) is 0 Å². The van der Waals surface area contributed by atoms with E-state index in [4.69, 9.17) is 4.74 Å². The van der Waals surface area contributed by atoms with E-state index in [-0.39, 0.29) is 17.0 Å². The summed E-state index contributed by atoms with van der Waals surface area (Å²) in [6, 6.07) is 14.1. The van der Waals surface area contributed by atoms with E-state index >= 15 is 0 Å². The van der Waals surface area contributed by atoms with Gasteiger partial charge in [-0.2, -0.15) is 0 Å². The molecule has 1 heterocycles. The van der Waals surface area contributed by atoms with Gasteiger partial charge < -0.3 is 0 Å². The molecule has 4 nitrogen and oxygen atoms in total. The molecule has 5 heteroatoms. The van der Waals surface area contributed by atoms with Gasteiger partial charge >= 0.3 is 199 Å². The van der Waals surface area contributed by atoms with Crippen molar-refractivity contribution in [1.29, 1.82) is 0 Å². The predicted octanol–water partition coefficient (Wildman–Crippen LogP) is 6.15. The van der Waals surface area contributed by atoms with Crippen molar-refractivity contribution in [3.05, 3.63) is 64.7 Å². The second-order valence-electron chi connectivity index (χ2n) is 10.3. The summed E-state index contributed by atoms with van der Waals surface area (Å²) < 4.78 is 5.73. The molecule has 1 saturated heterocycles. The average molecular weight is 468 g/mol. The summed E-state index contributed by atoms with van der Waals surface area (Å²) in [6.45, 7) is 6.53. The zero-order valence-electron chi connectivity index (χ0n) is 20.3. The fraction of sp³-hybridized carbons (Fsp3) is 0.500. The summed E-state index contributed by atoms with van der Waals surface area (Å²) in [5, 5.41) is 3.00.